The number of amides is 1. The summed E-state index contributed by atoms with van der Waals surface area (Å²) >= 11 is 0. The lowest BCUT2D eigenvalue weighted by Crippen LogP contribution is -2.27. The Labute approximate surface area is 324 Å². The van der Waals surface area contributed by atoms with E-state index in [2.05, 4.69) is 19.2 Å². The summed E-state index contributed by atoms with van der Waals surface area (Å²) in [6, 6.07) is 5.56. The van der Waals surface area contributed by atoms with Crippen LogP contribution in [0.25, 0.3) is 0 Å². The highest BCUT2D eigenvalue weighted by Gasteiger charge is 2.11. The van der Waals surface area contributed by atoms with Gasteiger partial charge in [0.05, 0.1) is 79.3 Å². The number of ether oxygens (including phenoxy) is 7. The van der Waals surface area contributed by atoms with Crippen LogP contribution in [0.3, 0.4) is 0 Å². The third-order valence-electron chi connectivity index (χ3n) is 8.96. The molecule has 0 aliphatic heterocycles. The van der Waals surface area contributed by atoms with E-state index in [1.165, 1.54) is 116 Å². The molecule has 0 bridgehead atoms. The quantitative estimate of drug-likeness (QED) is 0.0631. The summed E-state index contributed by atoms with van der Waals surface area (Å²) in [5.74, 6) is 1.20. The zero-order valence-corrected chi connectivity index (χ0v) is 34.1. The number of hydrogen-bond donors (Lipinski definition) is 2. The van der Waals surface area contributed by atoms with Gasteiger partial charge in [-0.2, -0.15) is 0 Å². The van der Waals surface area contributed by atoms with Crippen molar-refractivity contribution >= 4 is 5.91 Å². The van der Waals surface area contributed by atoms with Crippen LogP contribution in [-0.2, 0) is 23.7 Å². The zero-order chi connectivity index (χ0) is 38.1. The van der Waals surface area contributed by atoms with E-state index in [1.54, 1.807) is 0 Å². The second-order valence-electron chi connectivity index (χ2n) is 13.9. The number of nitrogens with two attached hydrogens (primary N) is 1. The van der Waals surface area contributed by atoms with Crippen LogP contribution in [0, 0.1) is 0 Å². The normalized spacial score (nSPS) is 11.3. The molecular weight excluding hydrogens is 672 g/mol. The Morgan fingerprint density at radius 2 is 0.792 bits per heavy atom. The van der Waals surface area contributed by atoms with Crippen LogP contribution in [-0.4, -0.2) is 98.3 Å². The molecule has 0 spiro atoms. The maximum absolute atomic E-state index is 13.1. The third-order valence-corrected chi connectivity index (χ3v) is 8.96. The SMILES string of the molecule is CCCCCCCCCCCCOc1cc(OCCCCCCCCCCCC)cc(C(=O)NCCOCCOCCOCCOCCOCCN)c1. The lowest BCUT2D eigenvalue weighted by atomic mass is 10.1. The van der Waals surface area contributed by atoms with Crippen LogP contribution >= 0.6 is 0 Å². The Morgan fingerprint density at radius 1 is 0.453 bits per heavy atom. The highest BCUT2D eigenvalue weighted by atomic mass is 16.6. The Kier molecular flexibility index (Phi) is 36.8. The third kappa shape index (κ3) is 33.1. The topological polar surface area (TPSA) is 120 Å². The van der Waals surface area contributed by atoms with Crippen molar-refractivity contribution in [2.24, 2.45) is 5.73 Å². The fourth-order valence-electron chi connectivity index (χ4n) is 5.83. The minimum Gasteiger partial charge on any atom is -0.493 e. The molecule has 0 aliphatic carbocycles. The fourth-order valence-corrected chi connectivity index (χ4v) is 5.83. The van der Waals surface area contributed by atoms with Gasteiger partial charge >= 0.3 is 0 Å². The van der Waals surface area contributed by atoms with E-state index >= 15 is 0 Å². The maximum Gasteiger partial charge on any atom is 0.251 e. The van der Waals surface area contributed by atoms with Crippen molar-refractivity contribution in [3.63, 3.8) is 0 Å². The number of rotatable bonds is 42. The molecule has 1 rings (SSSR count). The molecule has 0 saturated carbocycles. The lowest BCUT2D eigenvalue weighted by Gasteiger charge is -2.13. The second kappa shape index (κ2) is 39.7. The number of hydrogen-bond acceptors (Lipinski definition) is 9. The molecule has 10 heteroatoms. The van der Waals surface area contributed by atoms with Crippen LogP contribution in [0.1, 0.15) is 153 Å². The van der Waals surface area contributed by atoms with Crippen LogP contribution in [0.15, 0.2) is 18.2 Å². The molecule has 310 valence electrons. The number of carbonyl (C=O) groups is 1. The number of carbonyl (C=O) groups excluding carboxylic acids is 1. The smallest absolute Gasteiger partial charge is 0.251 e. The lowest BCUT2D eigenvalue weighted by molar-refractivity contribution is -0.0102. The first-order valence-electron chi connectivity index (χ1n) is 21.5. The number of benzene rings is 1. The molecule has 1 aromatic rings. The van der Waals surface area contributed by atoms with Gasteiger partial charge in [0, 0.05) is 24.7 Å². The largest absolute Gasteiger partial charge is 0.493 e. The summed E-state index contributed by atoms with van der Waals surface area (Å²) in [4.78, 5) is 13.1. The highest BCUT2D eigenvalue weighted by Crippen LogP contribution is 2.24. The predicted molar refractivity (Wildman–Crippen MR) is 217 cm³/mol. The highest BCUT2D eigenvalue weighted by molar-refractivity contribution is 5.95. The van der Waals surface area contributed by atoms with E-state index in [0.29, 0.717) is 109 Å². The van der Waals surface area contributed by atoms with Gasteiger partial charge < -0.3 is 44.2 Å². The summed E-state index contributed by atoms with van der Waals surface area (Å²) < 4.78 is 39.6. The fraction of sp³-hybridized carbons (Fsp3) is 0.837. The molecule has 1 aromatic carbocycles. The van der Waals surface area contributed by atoms with E-state index in [4.69, 9.17) is 38.9 Å². The first kappa shape index (κ1) is 49.1. The van der Waals surface area contributed by atoms with Crippen LogP contribution in [0.5, 0.6) is 11.5 Å². The van der Waals surface area contributed by atoms with Gasteiger partial charge in [-0.3, -0.25) is 4.79 Å². The standard InChI is InChI=1S/C43H80N2O8/c1-3-5-7-9-11-13-15-17-19-21-25-52-41-37-40(38-42(39-41)53-26-22-20-18-16-14-12-10-8-6-4-2)43(46)45-24-28-48-30-32-50-34-36-51-35-33-49-31-29-47-27-23-44/h37-39H,3-36,44H2,1-2H3,(H,45,46). The summed E-state index contributed by atoms with van der Waals surface area (Å²) in [6.07, 6.45) is 25.6. The van der Waals surface area contributed by atoms with Gasteiger partial charge in [0.25, 0.3) is 5.91 Å². The second-order valence-corrected chi connectivity index (χ2v) is 13.9. The Bertz CT molecular complexity index is 878. The predicted octanol–water partition coefficient (Wildman–Crippen LogP) is 9.06. The van der Waals surface area contributed by atoms with Crippen LogP contribution in [0.2, 0.25) is 0 Å². The van der Waals surface area contributed by atoms with Gasteiger partial charge in [0.2, 0.25) is 0 Å². The maximum atomic E-state index is 13.1. The van der Waals surface area contributed by atoms with Crippen molar-refractivity contribution in [2.45, 2.75) is 142 Å². The average Bonchev–Trinajstić information content (AvgIpc) is 3.17. The molecule has 0 saturated heterocycles. The van der Waals surface area contributed by atoms with Gasteiger partial charge in [0.1, 0.15) is 11.5 Å². The molecule has 0 heterocycles. The summed E-state index contributed by atoms with van der Waals surface area (Å²) in [6.45, 7) is 11.7. The van der Waals surface area contributed by atoms with Crippen molar-refractivity contribution in [3.05, 3.63) is 23.8 Å². The Morgan fingerprint density at radius 3 is 1.17 bits per heavy atom. The molecule has 0 aliphatic rings. The first-order chi connectivity index (χ1) is 26.2. The molecule has 1 amide bonds. The van der Waals surface area contributed by atoms with Crippen LogP contribution in [0.4, 0.5) is 0 Å². The molecular formula is C43H80N2O8. The number of nitrogens with one attached hydrogen (secondary N) is 1. The summed E-state index contributed by atoms with van der Waals surface area (Å²) in [7, 11) is 0. The van der Waals surface area contributed by atoms with Gasteiger partial charge in [-0.15, -0.1) is 0 Å². The summed E-state index contributed by atoms with van der Waals surface area (Å²) in [5.41, 5.74) is 5.91. The molecule has 0 atom stereocenters. The van der Waals surface area contributed by atoms with E-state index in [1.807, 2.05) is 18.2 Å². The Hall–Kier alpha value is -1.95. The van der Waals surface area contributed by atoms with Crippen molar-refractivity contribution < 1.29 is 38.0 Å². The molecule has 0 unspecified atom stereocenters. The van der Waals surface area contributed by atoms with Crippen molar-refractivity contribution in [1.82, 2.24) is 5.32 Å². The van der Waals surface area contributed by atoms with E-state index in [0.717, 1.165) is 12.8 Å². The average molecular weight is 753 g/mol. The molecule has 0 fully saturated rings. The van der Waals surface area contributed by atoms with Gasteiger partial charge in [-0.05, 0) is 25.0 Å². The van der Waals surface area contributed by atoms with Crippen molar-refractivity contribution in [3.8, 4) is 11.5 Å². The molecule has 0 radical (unpaired) electrons. The van der Waals surface area contributed by atoms with E-state index in [9.17, 15) is 4.79 Å². The monoisotopic (exact) mass is 753 g/mol. The van der Waals surface area contributed by atoms with Crippen molar-refractivity contribution in [2.75, 3.05) is 92.4 Å². The first-order valence-corrected chi connectivity index (χ1v) is 21.5. The Balaban J connectivity index is 2.32. The van der Waals surface area contributed by atoms with Crippen molar-refractivity contribution in [1.29, 1.82) is 0 Å². The van der Waals surface area contributed by atoms with Gasteiger partial charge in [0.15, 0.2) is 0 Å². The molecule has 3 N–H and O–H groups in total. The van der Waals surface area contributed by atoms with Gasteiger partial charge in [-0.25, -0.2) is 0 Å². The molecule has 10 nitrogen and oxygen atoms in total. The van der Waals surface area contributed by atoms with Crippen LogP contribution < -0.4 is 20.5 Å². The zero-order valence-electron chi connectivity index (χ0n) is 34.1. The molecule has 0 aromatic heterocycles. The van der Waals surface area contributed by atoms with Gasteiger partial charge in [-0.1, -0.05) is 129 Å². The van der Waals surface area contributed by atoms with E-state index in [-0.39, 0.29) is 5.91 Å². The minimum absolute atomic E-state index is 0.165. The summed E-state index contributed by atoms with van der Waals surface area (Å²) in [5, 5.41) is 2.97. The molecule has 53 heavy (non-hydrogen) atoms. The number of unbranched alkanes of at least 4 members (excludes halogenated alkanes) is 18. The minimum atomic E-state index is -0.165. The van der Waals surface area contributed by atoms with E-state index < -0.39 is 0 Å².